The molecule has 7 atom stereocenters. The van der Waals surface area contributed by atoms with E-state index in [2.05, 4.69) is 27.3 Å². The summed E-state index contributed by atoms with van der Waals surface area (Å²) in [5.41, 5.74) is 5.15. The van der Waals surface area contributed by atoms with Crippen LogP contribution in [-0.2, 0) is 30.2 Å². The van der Waals surface area contributed by atoms with Crippen molar-refractivity contribution in [2.75, 3.05) is 27.5 Å². The highest BCUT2D eigenvalue weighted by atomic mass is 16.7. The highest BCUT2D eigenvalue weighted by Crippen LogP contribution is 2.55. The van der Waals surface area contributed by atoms with E-state index in [9.17, 15) is 20.0 Å². The zero-order chi connectivity index (χ0) is 29.3. The Morgan fingerprint density at radius 2 is 2.00 bits per heavy atom. The minimum atomic E-state index is -0.662. The van der Waals surface area contributed by atoms with Gasteiger partial charge in [0.2, 0.25) is 5.91 Å². The summed E-state index contributed by atoms with van der Waals surface area (Å²) in [5.74, 6) is 0.551. The lowest BCUT2D eigenvalue weighted by molar-refractivity contribution is -0.144. The largest absolute Gasteiger partial charge is 0.504 e. The Hall–Kier alpha value is -3.59. The van der Waals surface area contributed by atoms with Crippen LogP contribution in [0.1, 0.15) is 49.9 Å². The van der Waals surface area contributed by atoms with Crippen LogP contribution in [0.5, 0.6) is 11.5 Å². The molecule has 2 bridgehead atoms. The molecule has 1 aromatic carbocycles. The second kappa shape index (κ2) is 10.0. The van der Waals surface area contributed by atoms with Gasteiger partial charge in [-0.05, 0) is 56.0 Å². The number of likely N-dealkylation sites (N-methyl/N-ethyl adjacent to an activating group) is 1. The summed E-state index contributed by atoms with van der Waals surface area (Å²) in [7, 11) is 3.55. The summed E-state index contributed by atoms with van der Waals surface area (Å²) in [4.78, 5) is 28.9. The van der Waals surface area contributed by atoms with Crippen molar-refractivity contribution in [2.24, 2.45) is 0 Å². The van der Waals surface area contributed by atoms with E-state index in [1.807, 2.05) is 20.9 Å². The van der Waals surface area contributed by atoms with E-state index in [-0.39, 0.29) is 43.1 Å². The maximum atomic E-state index is 12.3. The first-order chi connectivity index (χ1) is 19.6. The zero-order valence-corrected chi connectivity index (χ0v) is 24.2. The van der Waals surface area contributed by atoms with Gasteiger partial charge in [0.15, 0.2) is 18.3 Å². The number of nitriles is 1. The number of fused-ring (bicyclic) bond motifs is 8. The minimum Gasteiger partial charge on any atom is -0.504 e. The first kappa shape index (κ1) is 27.6. The fourth-order valence-corrected chi connectivity index (χ4v) is 7.92. The van der Waals surface area contributed by atoms with Crippen molar-refractivity contribution < 1.29 is 33.6 Å². The number of benzene rings is 1. The number of phenols is 1. The van der Waals surface area contributed by atoms with Crippen molar-refractivity contribution in [1.82, 2.24) is 15.1 Å². The number of esters is 1. The quantitative estimate of drug-likeness (QED) is 0.413. The topological polar surface area (TPSA) is 134 Å². The number of carbonyl (C=O) groups excluding carboxylic acids is 2. The molecule has 2 saturated heterocycles. The van der Waals surface area contributed by atoms with Gasteiger partial charge in [0.05, 0.1) is 25.3 Å². The number of amides is 1. The summed E-state index contributed by atoms with van der Waals surface area (Å²) >= 11 is 0. The Kier molecular flexibility index (Phi) is 6.76. The van der Waals surface area contributed by atoms with Crippen molar-refractivity contribution in [1.29, 1.82) is 5.26 Å². The third-order valence-corrected chi connectivity index (χ3v) is 9.44. The SMILES string of the molecule is COc1c(C)cc2c(c1O)C1C3CC4=C(C5OCOC5=C(C)C4OC(C)=O)C(CNC(C)=O)N3[C@@H](C#N)C(C2)N1C. The number of aromatic hydroxyl groups is 1. The molecule has 6 unspecified atom stereocenters. The maximum Gasteiger partial charge on any atom is 0.303 e. The lowest BCUT2D eigenvalue weighted by atomic mass is 9.69. The molecule has 6 rings (SSSR count). The van der Waals surface area contributed by atoms with Crippen molar-refractivity contribution in [3.05, 3.63) is 45.2 Å². The van der Waals surface area contributed by atoms with E-state index in [4.69, 9.17) is 18.9 Å². The Morgan fingerprint density at radius 3 is 2.66 bits per heavy atom. The van der Waals surface area contributed by atoms with Gasteiger partial charge in [0.25, 0.3) is 0 Å². The Balaban J connectivity index is 1.57. The van der Waals surface area contributed by atoms with E-state index in [1.165, 1.54) is 13.8 Å². The van der Waals surface area contributed by atoms with Gasteiger partial charge >= 0.3 is 5.97 Å². The summed E-state index contributed by atoms with van der Waals surface area (Å²) in [5, 5.41) is 25.2. The molecule has 1 amide bonds. The van der Waals surface area contributed by atoms with Gasteiger partial charge in [-0.1, -0.05) is 6.07 Å². The fourth-order valence-electron chi connectivity index (χ4n) is 7.92. The van der Waals surface area contributed by atoms with Crippen molar-refractivity contribution in [2.45, 2.75) is 83.0 Å². The average molecular weight is 565 g/mol. The molecular weight excluding hydrogens is 528 g/mol. The van der Waals surface area contributed by atoms with Crippen LogP contribution >= 0.6 is 0 Å². The van der Waals surface area contributed by atoms with Gasteiger partial charge in [-0.15, -0.1) is 0 Å². The molecule has 0 spiro atoms. The number of hydrogen-bond acceptors (Lipinski definition) is 10. The van der Waals surface area contributed by atoms with Gasteiger partial charge in [0, 0.05) is 43.6 Å². The van der Waals surface area contributed by atoms with Crippen LogP contribution in [0.2, 0.25) is 0 Å². The number of nitrogens with one attached hydrogen (secondary N) is 1. The number of methoxy groups -OCH3 is 1. The van der Waals surface area contributed by atoms with Crippen molar-refractivity contribution in [3.8, 4) is 17.6 Å². The first-order valence-electron chi connectivity index (χ1n) is 14.0. The molecule has 0 saturated carbocycles. The summed E-state index contributed by atoms with van der Waals surface area (Å²) in [6.07, 6.45) is -0.128. The fraction of sp³-hybridized carbons (Fsp3) is 0.567. The summed E-state index contributed by atoms with van der Waals surface area (Å²) in [6, 6.07) is 2.96. The van der Waals surface area contributed by atoms with E-state index < -0.39 is 30.3 Å². The molecule has 11 heteroatoms. The molecule has 0 radical (unpaired) electrons. The highest BCUT2D eigenvalue weighted by Gasteiger charge is 2.58. The lowest BCUT2D eigenvalue weighted by Crippen LogP contribution is -2.71. The Morgan fingerprint density at radius 1 is 1.24 bits per heavy atom. The smallest absolute Gasteiger partial charge is 0.303 e. The van der Waals surface area contributed by atoms with E-state index in [1.54, 1.807) is 7.11 Å². The van der Waals surface area contributed by atoms with Crippen LogP contribution in [0.3, 0.4) is 0 Å². The van der Waals surface area contributed by atoms with Gasteiger partial charge < -0.3 is 29.4 Å². The second-order valence-corrected chi connectivity index (χ2v) is 11.6. The van der Waals surface area contributed by atoms with Crippen LogP contribution < -0.4 is 10.1 Å². The predicted molar refractivity (Wildman–Crippen MR) is 146 cm³/mol. The molecule has 2 fully saturated rings. The monoisotopic (exact) mass is 564 g/mol. The van der Waals surface area contributed by atoms with Crippen LogP contribution in [0.4, 0.5) is 0 Å². The van der Waals surface area contributed by atoms with Gasteiger partial charge in [0.1, 0.15) is 24.0 Å². The molecule has 41 heavy (non-hydrogen) atoms. The average Bonchev–Trinajstić information content (AvgIpc) is 3.40. The van der Waals surface area contributed by atoms with Crippen LogP contribution in [0.15, 0.2) is 28.5 Å². The number of carbonyl (C=O) groups is 2. The summed E-state index contributed by atoms with van der Waals surface area (Å²) in [6.45, 7) is 6.94. The third-order valence-electron chi connectivity index (χ3n) is 9.44. The van der Waals surface area contributed by atoms with Gasteiger partial charge in [-0.25, -0.2) is 0 Å². The molecular formula is C30H36N4O7. The molecule has 1 aromatic rings. The summed E-state index contributed by atoms with van der Waals surface area (Å²) < 4.78 is 23.5. The number of nitrogens with zero attached hydrogens (tertiary/aromatic N) is 3. The number of hydrogen-bond donors (Lipinski definition) is 2. The first-order valence-corrected chi connectivity index (χ1v) is 14.0. The van der Waals surface area contributed by atoms with E-state index >= 15 is 0 Å². The Bertz CT molecular complexity index is 1430. The molecule has 4 aliphatic heterocycles. The number of phenolic OH excluding ortho intramolecular Hbond substituents is 1. The van der Waals surface area contributed by atoms with E-state index in [0.717, 1.165) is 33.4 Å². The highest BCUT2D eigenvalue weighted by molar-refractivity contribution is 5.73. The van der Waals surface area contributed by atoms with E-state index in [0.29, 0.717) is 24.4 Å². The Labute approximate surface area is 239 Å². The zero-order valence-electron chi connectivity index (χ0n) is 24.2. The molecule has 11 nitrogen and oxygen atoms in total. The number of rotatable bonds is 4. The molecule has 1 aliphatic carbocycles. The number of ether oxygens (including phenoxy) is 4. The number of aryl methyl sites for hydroxylation is 1. The molecule has 5 aliphatic rings. The molecule has 4 heterocycles. The molecule has 2 N–H and O–H groups in total. The van der Waals surface area contributed by atoms with Gasteiger partial charge in [-0.3, -0.25) is 19.4 Å². The minimum absolute atomic E-state index is 0.0628. The van der Waals surface area contributed by atoms with Crippen molar-refractivity contribution >= 4 is 11.9 Å². The normalized spacial score (nSPS) is 32.2. The third kappa shape index (κ3) is 4.03. The number of piperazine rings is 1. The molecule has 0 aromatic heterocycles. The predicted octanol–water partition coefficient (Wildman–Crippen LogP) is 1.98. The second-order valence-electron chi connectivity index (χ2n) is 11.6. The standard InChI is InChI=1S/C30H36N4O7/c1-13-7-17-8-19-21(10-31)34-20(25(33(19)5)23(17)26(37)27(13)38-6)9-18-24(22(34)11-32-15(3)35)30-29(39-12-40-30)14(2)28(18)41-16(4)36/h7,19-22,25,28,30,37H,8-9,11-12H2,1-6H3,(H,32,35)/t19?,20?,21-,22?,25?,28?,30?/m0/s1. The maximum absolute atomic E-state index is 12.3. The lowest BCUT2D eigenvalue weighted by Gasteiger charge is -2.61. The molecule has 218 valence electrons. The van der Waals surface area contributed by atoms with Crippen LogP contribution in [-0.4, -0.2) is 90.7 Å². The van der Waals surface area contributed by atoms with Crippen molar-refractivity contribution in [3.63, 3.8) is 0 Å². The van der Waals surface area contributed by atoms with Crippen LogP contribution in [0.25, 0.3) is 0 Å². The van der Waals surface area contributed by atoms with Crippen LogP contribution in [0, 0.1) is 18.3 Å². The van der Waals surface area contributed by atoms with Gasteiger partial charge in [-0.2, -0.15) is 5.26 Å².